The van der Waals surface area contributed by atoms with Gasteiger partial charge in [0, 0.05) is 31.1 Å². The first-order chi connectivity index (χ1) is 10.8. The van der Waals surface area contributed by atoms with Crippen LogP contribution in [-0.4, -0.2) is 50.6 Å². The highest BCUT2D eigenvalue weighted by atomic mass is 16.5. The molecule has 3 rings (SSSR count). The van der Waals surface area contributed by atoms with E-state index in [0.29, 0.717) is 5.78 Å². The van der Waals surface area contributed by atoms with E-state index in [-0.39, 0.29) is 5.92 Å². The van der Waals surface area contributed by atoms with Gasteiger partial charge in [0.1, 0.15) is 5.75 Å². The number of benzene rings is 1. The largest absolute Gasteiger partial charge is 0.496 e. The van der Waals surface area contributed by atoms with Gasteiger partial charge in [-0.25, -0.2) is 0 Å². The second-order valence-corrected chi connectivity index (χ2v) is 5.92. The molecule has 1 aliphatic heterocycles. The zero-order valence-corrected chi connectivity index (χ0v) is 13.1. The van der Waals surface area contributed by atoms with Gasteiger partial charge in [0.2, 0.25) is 0 Å². The molecule has 2 aliphatic rings. The van der Waals surface area contributed by atoms with E-state index in [1.54, 1.807) is 7.11 Å². The normalized spacial score (nSPS) is 24.9. The number of Topliss-reactive ketones (excluding diaryl/α,β-unsaturated/α-hetero) is 1. The van der Waals surface area contributed by atoms with E-state index in [9.17, 15) is 4.79 Å². The summed E-state index contributed by atoms with van der Waals surface area (Å²) in [6.45, 7) is 4.31. The molecule has 1 aromatic carbocycles. The van der Waals surface area contributed by atoms with E-state index >= 15 is 0 Å². The third kappa shape index (κ3) is 3.39. The zero-order valence-electron chi connectivity index (χ0n) is 13.1. The van der Waals surface area contributed by atoms with Crippen molar-refractivity contribution in [3.63, 3.8) is 0 Å². The first-order valence-electron chi connectivity index (χ1n) is 7.96. The molecule has 0 N–H and O–H groups in total. The number of allylic oxidation sites excluding steroid dienone is 1. The fourth-order valence-electron chi connectivity index (χ4n) is 3.23. The number of morpholine rings is 1. The van der Waals surface area contributed by atoms with Crippen LogP contribution < -0.4 is 4.74 Å². The Balaban J connectivity index is 1.68. The number of para-hydroxylation sites is 1. The van der Waals surface area contributed by atoms with Crippen molar-refractivity contribution < 1.29 is 14.3 Å². The minimum absolute atomic E-state index is 0.138. The Morgan fingerprint density at radius 2 is 2.09 bits per heavy atom. The Bertz CT molecular complexity index is 561. The Morgan fingerprint density at radius 3 is 2.86 bits per heavy atom. The van der Waals surface area contributed by atoms with E-state index in [2.05, 4.69) is 4.90 Å². The van der Waals surface area contributed by atoms with Gasteiger partial charge < -0.3 is 9.47 Å². The maximum atomic E-state index is 12.6. The third-order valence-corrected chi connectivity index (χ3v) is 4.50. The number of rotatable bonds is 4. The molecule has 0 spiro atoms. The average molecular weight is 301 g/mol. The topological polar surface area (TPSA) is 38.8 Å². The molecule has 2 fully saturated rings. The minimum atomic E-state index is 0.138. The standard InChI is InChI=1S/C18H23NO3/c1-21-17-5-3-2-4-14(17)12-15-6-7-16(18(15)20)13-19-8-10-22-11-9-19/h2-5,12,16H,6-11,13H2,1H3/b15-12+. The van der Waals surface area contributed by atoms with Crippen molar-refractivity contribution in [2.45, 2.75) is 12.8 Å². The van der Waals surface area contributed by atoms with Gasteiger partial charge in [0.15, 0.2) is 5.78 Å². The Morgan fingerprint density at radius 1 is 1.32 bits per heavy atom. The molecule has 1 aliphatic carbocycles. The summed E-state index contributed by atoms with van der Waals surface area (Å²) in [5, 5.41) is 0. The molecule has 0 aromatic heterocycles. The Kier molecular flexibility index (Phi) is 4.90. The highest BCUT2D eigenvalue weighted by Crippen LogP contribution is 2.31. The van der Waals surface area contributed by atoms with Crippen LogP contribution in [0.15, 0.2) is 29.8 Å². The van der Waals surface area contributed by atoms with E-state index < -0.39 is 0 Å². The SMILES string of the molecule is COc1ccccc1/C=C1\CCC(CN2CCOCC2)C1=O. The second kappa shape index (κ2) is 7.07. The van der Waals surface area contributed by atoms with Crippen molar-refractivity contribution in [3.8, 4) is 5.75 Å². The van der Waals surface area contributed by atoms with Crippen LogP contribution >= 0.6 is 0 Å². The maximum absolute atomic E-state index is 12.6. The van der Waals surface area contributed by atoms with E-state index in [1.807, 2.05) is 30.3 Å². The summed E-state index contributed by atoms with van der Waals surface area (Å²) >= 11 is 0. The lowest BCUT2D eigenvalue weighted by atomic mass is 10.0. The van der Waals surface area contributed by atoms with Gasteiger partial charge in [-0.1, -0.05) is 18.2 Å². The molecule has 0 amide bonds. The predicted molar refractivity (Wildman–Crippen MR) is 86.0 cm³/mol. The van der Waals surface area contributed by atoms with Gasteiger partial charge in [-0.05, 0) is 30.6 Å². The van der Waals surface area contributed by atoms with Gasteiger partial charge in [0.25, 0.3) is 0 Å². The lowest BCUT2D eigenvalue weighted by Crippen LogP contribution is -2.40. The quantitative estimate of drug-likeness (QED) is 0.801. The summed E-state index contributed by atoms with van der Waals surface area (Å²) < 4.78 is 10.7. The van der Waals surface area contributed by atoms with Crippen LogP contribution in [0, 0.1) is 5.92 Å². The highest BCUT2D eigenvalue weighted by molar-refractivity contribution is 6.03. The van der Waals surface area contributed by atoms with Crippen LogP contribution in [0.1, 0.15) is 18.4 Å². The summed E-state index contributed by atoms with van der Waals surface area (Å²) in [6.07, 6.45) is 3.82. The van der Waals surface area contributed by atoms with E-state index in [1.165, 1.54) is 0 Å². The van der Waals surface area contributed by atoms with Gasteiger partial charge in [-0.3, -0.25) is 9.69 Å². The van der Waals surface area contributed by atoms with Crippen LogP contribution in [0.25, 0.3) is 6.08 Å². The predicted octanol–water partition coefficient (Wildman–Crippen LogP) is 2.39. The lowest BCUT2D eigenvalue weighted by Gasteiger charge is -2.28. The molecule has 1 aromatic rings. The number of ketones is 1. The molecule has 1 heterocycles. The molecule has 0 radical (unpaired) electrons. The van der Waals surface area contributed by atoms with Crippen molar-refractivity contribution in [2.75, 3.05) is 40.0 Å². The Hall–Kier alpha value is -1.65. The van der Waals surface area contributed by atoms with Gasteiger partial charge in [0.05, 0.1) is 20.3 Å². The first-order valence-corrected chi connectivity index (χ1v) is 7.96. The fraction of sp³-hybridized carbons (Fsp3) is 0.500. The van der Waals surface area contributed by atoms with Crippen molar-refractivity contribution in [3.05, 3.63) is 35.4 Å². The molecule has 1 saturated heterocycles. The van der Waals surface area contributed by atoms with Crippen LogP contribution in [0.5, 0.6) is 5.75 Å². The van der Waals surface area contributed by atoms with E-state index in [0.717, 1.165) is 62.6 Å². The summed E-state index contributed by atoms with van der Waals surface area (Å²) in [5.74, 6) is 1.26. The lowest BCUT2D eigenvalue weighted by molar-refractivity contribution is -0.118. The molecular weight excluding hydrogens is 278 g/mol. The smallest absolute Gasteiger partial charge is 0.163 e. The summed E-state index contributed by atoms with van der Waals surface area (Å²) in [7, 11) is 1.66. The van der Waals surface area contributed by atoms with Gasteiger partial charge in [-0.15, -0.1) is 0 Å². The molecule has 0 bridgehead atoms. The molecule has 22 heavy (non-hydrogen) atoms. The number of methoxy groups -OCH3 is 1. The van der Waals surface area contributed by atoms with Crippen LogP contribution in [0.2, 0.25) is 0 Å². The summed E-state index contributed by atoms with van der Waals surface area (Å²) in [5.41, 5.74) is 1.92. The van der Waals surface area contributed by atoms with E-state index in [4.69, 9.17) is 9.47 Å². The van der Waals surface area contributed by atoms with Gasteiger partial charge in [-0.2, -0.15) is 0 Å². The molecule has 4 heteroatoms. The van der Waals surface area contributed by atoms with Crippen molar-refractivity contribution in [2.24, 2.45) is 5.92 Å². The molecule has 1 unspecified atom stereocenters. The molecule has 1 atom stereocenters. The third-order valence-electron chi connectivity index (χ3n) is 4.50. The molecular formula is C18H23NO3. The second-order valence-electron chi connectivity index (χ2n) is 5.92. The van der Waals surface area contributed by atoms with Gasteiger partial charge >= 0.3 is 0 Å². The number of hydrogen-bond acceptors (Lipinski definition) is 4. The van der Waals surface area contributed by atoms with Crippen molar-refractivity contribution >= 4 is 11.9 Å². The Labute approximate surface area is 131 Å². The highest BCUT2D eigenvalue weighted by Gasteiger charge is 2.31. The van der Waals surface area contributed by atoms with Crippen LogP contribution in [-0.2, 0) is 9.53 Å². The molecule has 118 valence electrons. The van der Waals surface area contributed by atoms with Crippen LogP contribution in [0.3, 0.4) is 0 Å². The first kappa shape index (κ1) is 15.3. The number of ether oxygens (including phenoxy) is 2. The molecule has 1 saturated carbocycles. The number of nitrogens with zero attached hydrogens (tertiary/aromatic N) is 1. The summed E-state index contributed by atoms with van der Waals surface area (Å²) in [4.78, 5) is 15.0. The average Bonchev–Trinajstić information content (AvgIpc) is 2.90. The maximum Gasteiger partial charge on any atom is 0.163 e. The molecule has 4 nitrogen and oxygen atoms in total. The summed E-state index contributed by atoms with van der Waals surface area (Å²) in [6, 6.07) is 7.84. The minimum Gasteiger partial charge on any atom is -0.496 e. The van der Waals surface area contributed by atoms with Crippen molar-refractivity contribution in [1.29, 1.82) is 0 Å². The van der Waals surface area contributed by atoms with Crippen molar-refractivity contribution in [1.82, 2.24) is 4.90 Å². The zero-order chi connectivity index (χ0) is 15.4. The van der Waals surface area contributed by atoms with Crippen LogP contribution in [0.4, 0.5) is 0 Å². The number of carbonyl (C=O) groups is 1. The fourth-order valence-corrected chi connectivity index (χ4v) is 3.23. The number of hydrogen-bond donors (Lipinski definition) is 0. The monoisotopic (exact) mass is 301 g/mol. The number of carbonyl (C=O) groups excluding carboxylic acids is 1.